The van der Waals surface area contributed by atoms with E-state index in [1.54, 1.807) is 6.07 Å². The van der Waals surface area contributed by atoms with E-state index < -0.39 is 0 Å². The molecule has 1 aromatic carbocycles. The number of imidazole rings is 1. The molecule has 0 aliphatic carbocycles. The van der Waals surface area contributed by atoms with Crippen LogP contribution < -0.4 is 11.1 Å². The number of benzene rings is 1. The van der Waals surface area contributed by atoms with Gasteiger partial charge in [-0.2, -0.15) is 0 Å². The molecular formula is C12H13ClN4O. The van der Waals surface area contributed by atoms with Gasteiger partial charge in [0.05, 0.1) is 11.0 Å². The molecule has 5 nitrogen and oxygen atoms in total. The van der Waals surface area contributed by atoms with Gasteiger partial charge in [-0.25, -0.2) is 4.98 Å². The summed E-state index contributed by atoms with van der Waals surface area (Å²) in [7, 11) is 0. The Labute approximate surface area is 109 Å². The molecule has 6 heteroatoms. The molecule has 2 heterocycles. The topological polar surface area (TPSA) is 72.9 Å². The van der Waals surface area contributed by atoms with Crippen molar-refractivity contribution >= 4 is 34.5 Å². The highest BCUT2D eigenvalue weighted by molar-refractivity contribution is 6.31. The van der Waals surface area contributed by atoms with Crippen molar-refractivity contribution in [3.63, 3.8) is 0 Å². The normalized spacial score (nSPS) is 19.4. The number of nitrogens with zero attached hydrogens (tertiary/aromatic N) is 2. The number of fused-ring (bicyclic) bond motifs is 1. The van der Waals surface area contributed by atoms with Crippen molar-refractivity contribution in [1.29, 1.82) is 0 Å². The lowest BCUT2D eigenvalue weighted by molar-refractivity contribution is -0.119. The van der Waals surface area contributed by atoms with E-state index in [9.17, 15) is 4.79 Å². The number of hydrogen-bond donors (Lipinski definition) is 2. The fraction of sp³-hybridized carbons (Fsp3) is 0.333. The summed E-state index contributed by atoms with van der Waals surface area (Å²) in [5, 5.41) is 3.57. The predicted molar refractivity (Wildman–Crippen MR) is 70.3 cm³/mol. The van der Waals surface area contributed by atoms with E-state index in [0.717, 1.165) is 17.5 Å². The molecule has 1 saturated heterocycles. The van der Waals surface area contributed by atoms with Crippen LogP contribution in [0.4, 0.5) is 5.95 Å². The smallest absolute Gasteiger partial charge is 0.220 e. The van der Waals surface area contributed by atoms with Gasteiger partial charge in [0, 0.05) is 24.0 Å². The van der Waals surface area contributed by atoms with Crippen molar-refractivity contribution in [3.05, 3.63) is 23.2 Å². The Hall–Kier alpha value is -1.75. The number of carbonyl (C=O) groups excluding carboxylic acids is 1. The molecule has 1 aromatic heterocycles. The average molecular weight is 265 g/mol. The SMILES string of the molecule is Nc1nc2ccc(Cl)cc2n1CC1CCC(=O)N1. The molecule has 3 rings (SSSR count). The number of amides is 1. The minimum Gasteiger partial charge on any atom is -0.369 e. The van der Waals surface area contributed by atoms with Crippen LogP contribution in [0.1, 0.15) is 12.8 Å². The summed E-state index contributed by atoms with van der Waals surface area (Å²) < 4.78 is 1.90. The lowest BCUT2D eigenvalue weighted by atomic mass is 10.2. The Bertz CT molecular complexity index is 622. The highest BCUT2D eigenvalue weighted by atomic mass is 35.5. The largest absolute Gasteiger partial charge is 0.369 e. The highest BCUT2D eigenvalue weighted by Gasteiger charge is 2.22. The molecule has 3 N–H and O–H groups in total. The summed E-state index contributed by atoms with van der Waals surface area (Å²) in [6, 6.07) is 5.60. The van der Waals surface area contributed by atoms with Gasteiger partial charge in [0.15, 0.2) is 0 Å². The summed E-state index contributed by atoms with van der Waals surface area (Å²) in [6.45, 7) is 0.633. The van der Waals surface area contributed by atoms with E-state index in [1.807, 2.05) is 16.7 Å². The zero-order valence-corrected chi connectivity index (χ0v) is 10.4. The lowest BCUT2D eigenvalue weighted by Crippen LogP contribution is -2.29. The number of carbonyl (C=O) groups is 1. The van der Waals surface area contributed by atoms with Gasteiger partial charge in [0.25, 0.3) is 0 Å². The summed E-state index contributed by atoms with van der Waals surface area (Å²) in [4.78, 5) is 15.5. The molecule has 0 bridgehead atoms. The van der Waals surface area contributed by atoms with Gasteiger partial charge >= 0.3 is 0 Å². The van der Waals surface area contributed by atoms with Gasteiger partial charge < -0.3 is 15.6 Å². The molecule has 18 heavy (non-hydrogen) atoms. The first kappa shape index (κ1) is 11.3. The first-order valence-corrected chi connectivity index (χ1v) is 6.22. The molecule has 2 aromatic rings. The molecule has 0 radical (unpaired) electrons. The minimum atomic E-state index is 0.0982. The second kappa shape index (κ2) is 4.17. The molecule has 1 aliphatic heterocycles. The van der Waals surface area contributed by atoms with E-state index in [2.05, 4.69) is 10.3 Å². The first-order chi connectivity index (χ1) is 8.63. The second-order valence-corrected chi connectivity index (χ2v) is 4.95. The van der Waals surface area contributed by atoms with Crippen molar-refractivity contribution in [3.8, 4) is 0 Å². The number of nitrogens with one attached hydrogen (secondary N) is 1. The number of hydrogen-bond acceptors (Lipinski definition) is 3. The highest BCUT2D eigenvalue weighted by Crippen LogP contribution is 2.23. The van der Waals surface area contributed by atoms with E-state index in [0.29, 0.717) is 23.9 Å². The van der Waals surface area contributed by atoms with E-state index in [1.165, 1.54) is 0 Å². The molecule has 94 valence electrons. The summed E-state index contributed by atoms with van der Waals surface area (Å²) in [5.74, 6) is 0.550. The molecule has 1 atom stereocenters. The van der Waals surface area contributed by atoms with Crippen LogP contribution in [0.2, 0.25) is 5.02 Å². The predicted octanol–water partition coefficient (Wildman–Crippen LogP) is 1.55. The zero-order chi connectivity index (χ0) is 12.7. The maximum atomic E-state index is 11.2. The standard InChI is InChI=1S/C12H13ClN4O/c13-7-1-3-9-10(5-7)17(12(14)16-9)6-8-2-4-11(18)15-8/h1,3,5,8H,2,4,6H2,(H2,14,16)(H,15,18). The Morgan fingerprint density at radius 3 is 3.11 bits per heavy atom. The van der Waals surface area contributed by atoms with Crippen LogP contribution in [0.5, 0.6) is 0 Å². The first-order valence-electron chi connectivity index (χ1n) is 5.84. The van der Waals surface area contributed by atoms with Gasteiger partial charge in [-0.1, -0.05) is 11.6 Å². The summed E-state index contributed by atoms with van der Waals surface area (Å²) in [6.07, 6.45) is 1.41. The molecule has 1 fully saturated rings. The quantitative estimate of drug-likeness (QED) is 0.864. The third-order valence-corrected chi connectivity index (χ3v) is 3.46. The van der Waals surface area contributed by atoms with E-state index in [-0.39, 0.29) is 11.9 Å². The third kappa shape index (κ3) is 1.90. The van der Waals surface area contributed by atoms with Gasteiger partial charge in [-0.05, 0) is 24.6 Å². The number of nitrogen functional groups attached to an aromatic ring is 1. The van der Waals surface area contributed by atoms with E-state index in [4.69, 9.17) is 17.3 Å². The molecule has 1 aliphatic rings. The second-order valence-electron chi connectivity index (χ2n) is 4.52. The lowest BCUT2D eigenvalue weighted by Gasteiger charge is -2.12. The monoisotopic (exact) mass is 264 g/mol. The van der Waals surface area contributed by atoms with Gasteiger partial charge in [0.1, 0.15) is 0 Å². The van der Waals surface area contributed by atoms with Crippen molar-refractivity contribution in [2.75, 3.05) is 5.73 Å². The Morgan fingerprint density at radius 1 is 1.56 bits per heavy atom. The van der Waals surface area contributed by atoms with Crippen molar-refractivity contribution in [2.45, 2.75) is 25.4 Å². The summed E-state index contributed by atoms with van der Waals surface area (Å²) >= 11 is 5.99. The van der Waals surface area contributed by atoms with E-state index >= 15 is 0 Å². The number of nitrogens with two attached hydrogens (primary N) is 1. The minimum absolute atomic E-state index is 0.0982. The van der Waals surface area contributed by atoms with Crippen molar-refractivity contribution in [2.24, 2.45) is 0 Å². The Morgan fingerprint density at radius 2 is 2.39 bits per heavy atom. The molecular weight excluding hydrogens is 252 g/mol. The third-order valence-electron chi connectivity index (χ3n) is 3.23. The Balaban J connectivity index is 1.97. The maximum absolute atomic E-state index is 11.2. The number of rotatable bonds is 2. The zero-order valence-electron chi connectivity index (χ0n) is 9.69. The summed E-state index contributed by atoms with van der Waals surface area (Å²) in [5.41, 5.74) is 7.64. The molecule has 1 amide bonds. The number of halogens is 1. The molecule has 0 spiro atoms. The maximum Gasteiger partial charge on any atom is 0.220 e. The van der Waals surface area contributed by atoms with Crippen LogP contribution in [-0.4, -0.2) is 21.5 Å². The van der Waals surface area contributed by atoms with Gasteiger partial charge in [0.2, 0.25) is 11.9 Å². The fourth-order valence-corrected chi connectivity index (χ4v) is 2.51. The van der Waals surface area contributed by atoms with Crippen LogP contribution >= 0.6 is 11.6 Å². The van der Waals surface area contributed by atoms with Crippen LogP contribution in [0, 0.1) is 0 Å². The van der Waals surface area contributed by atoms with Crippen molar-refractivity contribution in [1.82, 2.24) is 14.9 Å². The Kier molecular flexibility index (Phi) is 2.63. The van der Waals surface area contributed by atoms with Gasteiger partial charge in [-0.3, -0.25) is 4.79 Å². The van der Waals surface area contributed by atoms with Gasteiger partial charge in [-0.15, -0.1) is 0 Å². The average Bonchev–Trinajstić information content (AvgIpc) is 2.86. The van der Waals surface area contributed by atoms with Crippen LogP contribution in [-0.2, 0) is 11.3 Å². The van der Waals surface area contributed by atoms with Crippen LogP contribution in [0.3, 0.4) is 0 Å². The van der Waals surface area contributed by atoms with Crippen molar-refractivity contribution < 1.29 is 4.79 Å². The van der Waals surface area contributed by atoms with Crippen LogP contribution in [0.25, 0.3) is 11.0 Å². The molecule has 0 saturated carbocycles. The molecule has 1 unspecified atom stereocenters. The number of anilines is 1. The van der Waals surface area contributed by atoms with Crippen LogP contribution in [0.15, 0.2) is 18.2 Å². The fourth-order valence-electron chi connectivity index (χ4n) is 2.34. The number of aromatic nitrogens is 2.